The summed E-state index contributed by atoms with van der Waals surface area (Å²) in [6.07, 6.45) is 0.420. The van der Waals surface area contributed by atoms with Crippen LogP contribution in [0.2, 0.25) is 0 Å². The molecule has 2 fully saturated rings. The zero-order chi connectivity index (χ0) is 16.9. The number of amides is 1. The van der Waals surface area contributed by atoms with Gasteiger partial charge in [0, 0.05) is 26.5 Å². The molecule has 23 heavy (non-hydrogen) atoms. The number of carboxylic acid groups (broad SMARTS) is 1. The van der Waals surface area contributed by atoms with Crippen LogP contribution < -0.4 is 0 Å². The maximum atomic E-state index is 12.1. The standard InChI is InChI=1S/C13H18N2O5S3/c1-6(16)8-10(17)15-9(12(18)19)13(22-11(8)15)21-7-2-4-23(14,20)5-3-7/h6-8,11,14,16H,2-5H2,1H3,(H,18,19)/t6-,7?,8+,11-,23?/m1/s1. The number of hydrogen-bond donors (Lipinski definition) is 3. The summed E-state index contributed by atoms with van der Waals surface area (Å²) in [6.45, 7) is 1.54. The lowest BCUT2D eigenvalue weighted by Crippen LogP contribution is -2.60. The molecule has 3 rings (SSSR count). The number of aliphatic carboxylic acids is 1. The van der Waals surface area contributed by atoms with Crippen molar-refractivity contribution >= 4 is 45.1 Å². The summed E-state index contributed by atoms with van der Waals surface area (Å²) < 4.78 is 19.9. The minimum absolute atomic E-state index is 0.00378. The Morgan fingerprint density at radius 3 is 2.61 bits per heavy atom. The van der Waals surface area contributed by atoms with Crippen LogP contribution in [-0.2, 0) is 19.3 Å². The van der Waals surface area contributed by atoms with Crippen molar-refractivity contribution in [3.05, 3.63) is 9.93 Å². The van der Waals surface area contributed by atoms with Crippen molar-refractivity contribution in [2.24, 2.45) is 5.92 Å². The van der Waals surface area contributed by atoms with E-state index in [9.17, 15) is 24.0 Å². The van der Waals surface area contributed by atoms with E-state index in [0.717, 1.165) is 0 Å². The number of carbonyl (C=O) groups excluding carboxylic acids is 1. The molecule has 0 aliphatic carbocycles. The number of β-lactam (4-membered cyclic amide) rings is 1. The van der Waals surface area contributed by atoms with Crippen LogP contribution in [0.15, 0.2) is 9.93 Å². The molecular formula is C13H18N2O5S3. The summed E-state index contributed by atoms with van der Waals surface area (Å²) in [5.74, 6) is -1.37. The first kappa shape index (κ1) is 17.1. The van der Waals surface area contributed by atoms with E-state index >= 15 is 0 Å². The molecule has 3 N–H and O–H groups in total. The van der Waals surface area contributed by atoms with Gasteiger partial charge in [-0.25, -0.2) is 9.00 Å². The van der Waals surface area contributed by atoms with E-state index in [-0.39, 0.29) is 22.2 Å². The Morgan fingerprint density at radius 1 is 1.48 bits per heavy atom. The molecule has 10 heteroatoms. The molecule has 0 aromatic rings. The van der Waals surface area contributed by atoms with Crippen molar-refractivity contribution in [2.75, 3.05) is 11.5 Å². The fourth-order valence-corrected chi connectivity index (χ4v) is 8.14. The highest BCUT2D eigenvalue weighted by atomic mass is 32.2. The Labute approximate surface area is 142 Å². The maximum Gasteiger partial charge on any atom is 0.354 e. The van der Waals surface area contributed by atoms with Crippen LogP contribution in [0.3, 0.4) is 0 Å². The molecule has 3 aliphatic rings. The van der Waals surface area contributed by atoms with E-state index in [0.29, 0.717) is 28.6 Å². The molecule has 0 saturated carbocycles. The topological polar surface area (TPSA) is 119 Å². The number of nitrogens with one attached hydrogen (secondary N) is 1. The molecule has 1 amide bonds. The van der Waals surface area contributed by atoms with Crippen LogP contribution in [0.25, 0.3) is 0 Å². The van der Waals surface area contributed by atoms with Gasteiger partial charge in [0.15, 0.2) is 5.70 Å². The molecule has 0 spiro atoms. The van der Waals surface area contributed by atoms with Gasteiger partial charge in [-0.1, -0.05) is 11.8 Å². The number of rotatable bonds is 4. The highest BCUT2D eigenvalue weighted by Gasteiger charge is 2.57. The summed E-state index contributed by atoms with van der Waals surface area (Å²) in [6, 6.07) is 0. The number of carboxylic acids is 1. The van der Waals surface area contributed by atoms with Crippen molar-refractivity contribution in [3.8, 4) is 0 Å². The van der Waals surface area contributed by atoms with E-state index in [1.165, 1.54) is 35.3 Å². The van der Waals surface area contributed by atoms with E-state index in [4.69, 9.17) is 4.78 Å². The molecule has 3 atom stereocenters. The average Bonchev–Trinajstić information content (AvgIpc) is 2.75. The Morgan fingerprint density at radius 2 is 2.09 bits per heavy atom. The van der Waals surface area contributed by atoms with Crippen molar-refractivity contribution in [2.45, 2.75) is 36.5 Å². The molecule has 0 unspecified atom stereocenters. The fraction of sp³-hybridized carbons (Fsp3) is 0.692. The van der Waals surface area contributed by atoms with Crippen LogP contribution in [0.1, 0.15) is 19.8 Å². The highest BCUT2D eigenvalue weighted by Crippen LogP contribution is 2.55. The van der Waals surface area contributed by atoms with Gasteiger partial charge in [0.05, 0.1) is 16.3 Å². The molecule has 0 aromatic carbocycles. The zero-order valence-electron chi connectivity index (χ0n) is 12.4. The largest absolute Gasteiger partial charge is 0.477 e. The van der Waals surface area contributed by atoms with Gasteiger partial charge in [0.25, 0.3) is 0 Å². The molecule has 7 nitrogen and oxygen atoms in total. The van der Waals surface area contributed by atoms with Crippen LogP contribution >= 0.6 is 23.5 Å². The second-order valence-corrected chi connectivity index (χ2v) is 11.1. The minimum Gasteiger partial charge on any atom is -0.477 e. The SMILES string of the molecule is C[C@@H](O)[C@H]1C(=O)N2C(C(=O)O)=C(SC3CCS(=N)(=O)CC3)S[C@H]12. The highest BCUT2D eigenvalue weighted by molar-refractivity contribution is 8.23. The molecule has 128 valence electrons. The quantitative estimate of drug-likeness (QED) is 0.627. The number of hydrogen-bond acceptors (Lipinski definition) is 7. The first-order chi connectivity index (χ1) is 10.7. The number of fused-ring (bicyclic) bond motifs is 1. The molecule has 0 aromatic heterocycles. The maximum absolute atomic E-state index is 12.1. The van der Waals surface area contributed by atoms with Gasteiger partial charge >= 0.3 is 5.97 Å². The van der Waals surface area contributed by atoms with Crippen LogP contribution in [0.5, 0.6) is 0 Å². The average molecular weight is 378 g/mol. The van der Waals surface area contributed by atoms with Gasteiger partial charge in [0.2, 0.25) is 5.91 Å². The summed E-state index contributed by atoms with van der Waals surface area (Å²) >= 11 is 2.73. The molecule has 2 saturated heterocycles. The van der Waals surface area contributed by atoms with Crippen molar-refractivity contribution in [3.63, 3.8) is 0 Å². The van der Waals surface area contributed by atoms with Crippen LogP contribution in [-0.4, -0.2) is 59.4 Å². The summed E-state index contributed by atoms with van der Waals surface area (Å²) in [7, 11) is -2.47. The summed E-state index contributed by atoms with van der Waals surface area (Å²) in [5.41, 5.74) is 0.00378. The molecule has 3 aliphatic heterocycles. The Bertz CT molecular complexity index is 674. The molecule has 0 bridgehead atoms. The summed E-state index contributed by atoms with van der Waals surface area (Å²) in [4.78, 5) is 24.9. The minimum atomic E-state index is -2.47. The van der Waals surface area contributed by atoms with Crippen LogP contribution in [0, 0.1) is 10.7 Å². The van der Waals surface area contributed by atoms with Gasteiger partial charge in [-0.2, -0.15) is 0 Å². The monoisotopic (exact) mass is 378 g/mol. The first-order valence-corrected chi connectivity index (χ1v) is 10.9. The molecule has 3 heterocycles. The normalized spacial score (nSPS) is 38.3. The third-order valence-corrected chi connectivity index (χ3v) is 9.01. The predicted molar refractivity (Wildman–Crippen MR) is 89.3 cm³/mol. The van der Waals surface area contributed by atoms with E-state index in [1.807, 2.05) is 0 Å². The molecule has 0 radical (unpaired) electrons. The second kappa shape index (κ2) is 5.98. The third kappa shape index (κ3) is 3.01. The number of carbonyl (C=O) groups is 2. The van der Waals surface area contributed by atoms with Gasteiger partial charge in [-0.05, 0) is 19.8 Å². The van der Waals surface area contributed by atoms with Crippen molar-refractivity contribution in [1.29, 1.82) is 4.78 Å². The Hall–Kier alpha value is -0.710. The van der Waals surface area contributed by atoms with E-state index in [2.05, 4.69) is 0 Å². The Kier molecular flexibility index (Phi) is 4.45. The first-order valence-electron chi connectivity index (χ1n) is 7.27. The number of aliphatic hydroxyl groups excluding tert-OH is 1. The van der Waals surface area contributed by atoms with E-state index < -0.39 is 27.7 Å². The van der Waals surface area contributed by atoms with Crippen molar-refractivity contribution < 1.29 is 24.0 Å². The number of aliphatic hydroxyl groups is 1. The van der Waals surface area contributed by atoms with E-state index in [1.54, 1.807) is 0 Å². The lowest BCUT2D eigenvalue weighted by atomic mass is 9.92. The third-order valence-electron chi connectivity index (χ3n) is 4.28. The zero-order valence-corrected chi connectivity index (χ0v) is 14.9. The second-order valence-electron chi connectivity index (χ2n) is 5.96. The Balaban J connectivity index is 1.76. The predicted octanol–water partition coefficient (Wildman–Crippen LogP) is 1.09. The fourth-order valence-electron chi connectivity index (χ4n) is 2.99. The van der Waals surface area contributed by atoms with Gasteiger partial charge < -0.3 is 10.2 Å². The number of thioether (sulfide) groups is 2. The lowest BCUT2D eigenvalue weighted by Gasteiger charge is -2.43. The number of nitrogens with zero attached hydrogens (tertiary/aromatic N) is 1. The molecular weight excluding hydrogens is 360 g/mol. The van der Waals surface area contributed by atoms with Gasteiger partial charge in [-0.3, -0.25) is 14.5 Å². The smallest absolute Gasteiger partial charge is 0.354 e. The van der Waals surface area contributed by atoms with Gasteiger partial charge in [0.1, 0.15) is 5.37 Å². The summed E-state index contributed by atoms with van der Waals surface area (Å²) in [5, 5.41) is 18.9. The van der Waals surface area contributed by atoms with Gasteiger partial charge in [-0.15, -0.1) is 11.8 Å². The van der Waals surface area contributed by atoms with Crippen LogP contribution in [0.4, 0.5) is 0 Å². The lowest BCUT2D eigenvalue weighted by molar-refractivity contribution is -0.156. The van der Waals surface area contributed by atoms with Crippen molar-refractivity contribution in [1.82, 2.24) is 4.90 Å².